The number of hydrogen-bond donors (Lipinski definition) is 2. The van der Waals surface area contributed by atoms with E-state index in [-0.39, 0.29) is 12.5 Å². The average molecular weight is 329 g/mol. The first-order valence-corrected chi connectivity index (χ1v) is 8.11. The molecular formula is C18H23N3O3. The van der Waals surface area contributed by atoms with Crippen LogP contribution in [0.5, 0.6) is 5.75 Å². The Bertz CT molecular complexity index is 752. The molecule has 0 bridgehead atoms. The van der Waals surface area contributed by atoms with Gasteiger partial charge >= 0.3 is 0 Å². The molecule has 0 spiro atoms. The maximum atomic E-state index is 12.5. The molecule has 1 fully saturated rings. The van der Waals surface area contributed by atoms with Crippen molar-refractivity contribution in [1.29, 1.82) is 0 Å². The lowest BCUT2D eigenvalue weighted by Gasteiger charge is -2.28. The van der Waals surface area contributed by atoms with Crippen LogP contribution in [-0.2, 0) is 0 Å². The van der Waals surface area contributed by atoms with Crippen molar-refractivity contribution >= 4 is 5.91 Å². The van der Waals surface area contributed by atoms with Gasteiger partial charge in [0.25, 0.3) is 5.91 Å². The number of benzene rings is 1. The van der Waals surface area contributed by atoms with E-state index in [1.807, 2.05) is 32.0 Å². The quantitative estimate of drug-likeness (QED) is 0.851. The standard InChI is InChI=1S/C18H23N3O3/c1-12-4-7-16(24-3)15(10-12)21-9-8-14(20-21)17(23)19-18(2,11-22)13-5-6-13/h4,7-10,13,22H,5-6,11H2,1-3H3,(H,19,23). The van der Waals surface area contributed by atoms with Gasteiger partial charge in [-0.05, 0) is 56.4 Å². The first-order valence-electron chi connectivity index (χ1n) is 8.11. The highest BCUT2D eigenvalue weighted by atomic mass is 16.5. The zero-order valence-electron chi connectivity index (χ0n) is 14.2. The topological polar surface area (TPSA) is 76.4 Å². The Hall–Kier alpha value is -2.34. The second-order valence-corrected chi connectivity index (χ2v) is 6.62. The van der Waals surface area contributed by atoms with Crippen LogP contribution in [0.25, 0.3) is 5.69 Å². The summed E-state index contributed by atoms with van der Waals surface area (Å²) >= 11 is 0. The fourth-order valence-electron chi connectivity index (χ4n) is 2.87. The monoisotopic (exact) mass is 329 g/mol. The van der Waals surface area contributed by atoms with E-state index in [9.17, 15) is 9.90 Å². The Balaban J connectivity index is 1.83. The molecule has 1 aromatic heterocycles. The van der Waals surface area contributed by atoms with Crippen molar-refractivity contribution in [3.8, 4) is 11.4 Å². The Kier molecular flexibility index (Phi) is 4.32. The van der Waals surface area contributed by atoms with E-state index >= 15 is 0 Å². The minimum absolute atomic E-state index is 0.0736. The Morgan fingerprint density at radius 2 is 2.21 bits per heavy atom. The maximum absolute atomic E-state index is 12.5. The second-order valence-electron chi connectivity index (χ2n) is 6.62. The van der Waals surface area contributed by atoms with E-state index in [0.717, 1.165) is 24.1 Å². The van der Waals surface area contributed by atoms with Crippen molar-refractivity contribution in [3.63, 3.8) is 0 Å². The summed E-state index contributed by atoms with van der Waals surface area (Å²) < 4.78 is 7.00. The summed E-state index contributed by atoms with van der Waals surface area (Å²) in [6.45, 7) is 3.79. The molecule has 6 heteroatoms. The van der Waals surface area contributed by atoms with Crippen LogP contribution in [0.1, 0.15) is 35.8 Å². The van der Waals surface area contributed by atoms with Crippen LogP contribution in [0.2, 0.25) is 0 Å². The van der Waals surface area contributed by atoms with Crippen molar-refractivity contribution in [1.82, 2.24) is 15.1 Å². The van der Waals surface area contributed by atoms with E-state index < -0.39 is 5.54 Å². The molecule has 6 nitrogen and oxygen atoms in total. The zero-order chi connectivity index (χ0) is 17.3. The van der Waals surface area contributed by atoms with Gasteiger partial charge in [-0.2, -0.15) is 5.10 Å². The molecule has 1 aromatic carbocycles. The normalized spacial score (nSPS) is 16.5. The van der Waals surface area contributed by atoms with Crippen LogP contribution in [0.15, 0.2) is 30.5 Å². The molecule has 1 unspecified atom stereocenters. The molecule has 0 saturated heterocycles. The lowest BCUT2D eigenvalue weighted by Crippen LogP contribution is -2.50. The number of carbonyl (C=O) groups is 1. The molecule has 128 valence electrons. The fourth-order valence-corrected chi connectivity index (χ4v) is 2.87. The summed E-state index contributed by atoms with van der Waals surface area (Å²) in [5.74, 6) is 0.753. The number of nitrogens with zero attached hydrogens (tertiary/aromatic N) is 2. The Morgan fingerprint density at radius 3 is 2.83 bits per heavy atom. The summed E-state index contributed by atoms with van der Waals surface area (Å²) in [4.78, 5) is 12.5. The van der Waals surface area contributed by atoms with Crippen molar-refractivity contribution in [3.05, 3.63) is 41.7 Å². The van der Waals surface area contributed by atoms with Crippen LogP contribution in [0, 0.1) is 12.8 Å². The summed E-state index contributed by atoms with van der Waals surface area (Å²) in [6, 6.07) is 7.46. The molecule has 24 heavy (non-hydrogen) atoms. The number of nitrogens with one attached hydrogen (secondary N) is 1. The highest BCUT2D eigenvalue weighted by Crippen LogP contribution is 2.39. The van der Waals surface area contributed by atoms with E-state index in [2.05, 4.69) is 10.4 Å². The van der Waals surface area contributed by atoms with E-state index in [1.54, 1.807) is 24.1 Å². The van der Waals surface area contributed by atoms with Crippen molar-refractivity contribution < 1.29 is 14.6 Å². The molecule has 1 amide bonds. The van der Waals surface area contributed by atoms with Crippen molar-refractivity contribution in [2.24, 2.45) is 5.92 Å². The number of amides is 1. The number of ether oxygens (including phenoxy) is 1. The number of methoxy groups -OCH3 is 1. The summed E-state index contributed by atoms with van der Waals surface area (Å²) in [5, 5.41) is 16.9. The van der Waals surface area contributed by atoms with Gasteiger partial charge in [-0.1, -0.05) is 6.07 Å². The average Bonchev–Trinajstić information content (AvgIpc) is 3.32. The summed E-state index contributed by atoms with van der Waals surface area (Å²) in [7, 11) is 1.60. The number of carbonyl (C=O) groups excluding carboxylic acids is 1. The number of aryl methyl sites for hydroxylation is 1. The minimum atomic E-state index is -0.581. The number of aliphatic hydroxyl groups is 1. The van der Waals surface area contributed by atoms with Gasteiger partial charge in [-0.3, -0.25) is 4.79 Å². The molecule has 1 atom stereocenters. The first kappa shape index (κ1) is 16.5. The predicted molar refractivity (Wildman–Crippen MR) is 90.5 cm³/mol. The fraction of sp³-hybridized carbons (Fsp3) is 0.444. The predicted octanol–water partition coefficient (Wildman–Crippen LogP) is 2.08. The molecule has 0 aliphatic heterocycles. The summed E-state index contributed by atoms with van der Waals surface area (Å²) in [6.07, 6.45) is 3.80. The number of hydrogen-bond acceptors (Lipinski definition) is 4. The third-order valence-electron chi connectivity index (χ3n) is 4.61. The smallest absolute Gasteiger partial charge is 0.272 e. The SMILES string of the molecule is COc1ccc(C)cc1-n1ccc(C(=O)NC(C)(CO)C2CC2)n1. The maximum Gasteiger partial charge on any atom is 0.272 e. The molecule has 1 saturated carbocycles. The van der Waals surface area contributed by atoms with Crippen LogP contribution in [0.3, 0.4) is 0 Å². The lowest BCUT2D eigenvalue weighted by molar-refractivity contribution is 0.0819. The molecule has 2 aromatic rings. The van der Waals surface area contributed by atoms with Gasteiger partial charge in [0.2, 0.25) is 0 Å². The Morgan fingerprint density at radius 1 is 1.46 bits per heavy atom. The second kappa shape index (κ2) is 6.28. The van der Waals surface area contributed by atoms with Crippen molar-refractivity contribution in [2.45, 2.75) is 32.2 Å². The van der Waals surface area contributed by atoms with Gasteiger partial charge in [0.05, 0.1) is 19.3 Å². The summed E-state index contributed by atoms with van der Waals surface area (Å²) in [5.41, 5.74) is 1.60. The molecule has 1 heterocycles. The third kappa shape index (κ3) is 3.14. The van der Waals surface area contributed by atoms with Crippen LogP contribution in [0.4, 0.5) is 0 Å². The molecule has 3 rings (SSSR count). The number of aliphatic hydroxyl groups excluding tert-OH is 1. The molecule has 0 radical (unpaired) electrons. The van der Waals surface area contributed by atoms with Crippen molar-refractivity contribution in [2.75, 3.05) is 13.7 Å². The van der Waals surface area contributed by atoms with E-state index in [0.29, 0.717) is 17.4 Å². The minimum Gasteiger partial charge on any atom is -0.494 e. The largest absolute Gasteiger partial charge is 0.494 e. The third-order valence-corrected chi connectivity index (χ3v) is 4.61. The van der Waals surface area contributed by atoms with Crippen LogP contribution in [-0.4, -0.2) is 40.0 Å². The van der Waals surface area contributed by atoms with Crippen LogP contribution >= 0.6 is 0 Å². The number of aromatic nitrogens is 2. The van der Waals surface area contributed by atoms with Gasteiger partial charge in [0.1, 0.15) is 11.4 Å². The molecular weight excluding hydrogens is 306 g/mol. The first-order chi connectivity index (χ1) is 11.5. The van der Waals surface area contributed by atoms with Gasteiger partial charge in [0, 0.05) is 6.20 Å². The van der Waals surface area contributed by atoms with E-state index in [4.69, 9.17) is 4.74 Å². The lowest BCUT2D eigenvalue weighted by atomic mass is 9.97. The highest BCUT2D eigenvalue weighted by molar-refractivity contribution is 5.92. The van der Waals surface area contributed by atoms with Gasteiger partial charge < -0.3 is 15.2 Å². The van der Waals surface area contributed by atoms with Gasteiger partial charge in [0.15, 0.2) is 5.69 Å². The zero-order valence-corrected chi connectivity index (χ0v) is 14.2. The highest BCUT2D eigenvalue weighted by Gasteiger charge is 2.42. The van der Waals surface area contributed by atoms with Gasteiger partial charge in [-0.15, -0.1) is 0 Å². The Labute approximate surface area is 141 Å². The molecule has 1 aliphatic carbocycles. The number of rotatable bonds is 6. The van der Waals surface area contributed by atoms with Gasteiger partial charge in [-0.25, -0.2) is 4.68 Å². The van der Waals surface area contributed by atoms with Crippen LogP contribution < -0.4 is 10.1 Å². The van der Waals surface area contributed by atoms with E-state index in [1.165, 1.54) is 0 Å². The molecule has 1 aliphatic rings. The molecule has 2 N–H and O–H groups in total.